The lowest BCUT2D eigenvalue weighted by molar-refractivity contribution is 0.0933. The number of aromatic amines is 1. The Morgan fingerprint density at radius 2 is 1.94 bits per heavy atom. The maximum Gasteiger partial charge on any atom is 0.329 e. The van der Waals surface area contributed by atoms with E-state index in [0.29, 0.717) is 16.5 Å². The van der Waals surface area contributed by atoms with Crippen LogP contribution in [0.25, 0.3) is 10.9 Å². The predicted octanol–water partition coefficient (Wildman–Crippen LogP) is 2.09. The van der Waals surface area contributed by atoms with Crippen LogP contribution in [-0.2, 0) is 6.54 Å². The number of hydrogen-bond acceptors (Lipinski definition) is 4. The van der Waals surface area contributed by atoms with E-state index in [1.54, 1.807) is 30.3 Å². The summed E-state index contributed by atoms with van der Waals surface area (Å²) in [5.74, 6) is -0.245. The molecule has 2 heterocycles. The molecule has 1 aromatic heterocycles. The minimum atomic E-state index is -0.599. The molecule has 1 amide bonds. The Bertz CT molecular complexity index is 1290. The Hall–Kier alpha value is -3.26. The summed E-state index contributed by atoms with van der Waals surface area (Å²) in [6.45, 7) is 2.93. The predicted molar refractivity (Wildman–Crippen MR) is 119 cm³/mol. The van der Waals surface area contributed by atoms with E-state index in [9.17, 15) is 18.8 Å². The van der Waals surface area contributed by atoms with Gasteiger partial charge in [-0.15, -0.1) is 0 Å². The first kappa shape index (κ1) is 20.6. The summed E-state index contributed by atoms with van der Waals surface area (Å²) >= 11 is 0. The van der Waals surface area contributed by atoms with Crippen LogP contribution in [0.15, 0.2) is 52.1 Å². The topological polar surface area (TPSA) is 87.2 Å². The highest BCUT2D eigenvalue weighted by molar-refractivity contribution is 5.95. The van der Waals surface area contributed by atoms with Crippen molar-refractivity contribution >= 4 is 16.8 Å². The zero-order valence-corrected chi connectivity index (χ0v) is 17.6. The van der Waals surface area contributed by atoms with Gasteiger partial charge in [-0.3, -0.25) is 19.1 Å². The number of rotatable bonds is 6. The van der Waals surface area contributed by atoms with Crippen molar-refractivity contribution in [2.24, 2.45) is 5.92 Å². The first-order valence-corrected chi connectivity index (χ1v) is 11.0. The van der Waals surface area contributed by atoms with Gasteiger partial charge in [0.25, 0.3) is 11.5 Å². The molecule has 1 saturated carbocycles. The van der Waals surface area contributed by atoms with Gasteiger partial charge in [0.05, 0.1) is 23.0 Å². The van der Waals surface area contributed by atoms with Crippen molar-refractivity contribution in [1.82, 2.24) is 19.8 Å². The summed E-state index contributed by atoms with van der Waals surface area (Å²) in [4.78, 5) is 42.0. The summed E-state index contributed by atoms with van der Waals surface area (Å²) < 4.78 is 15.9. The minimum Gasteiger partial charge on any atom is -0.348 e. The molecule has 3 aromatic rings. The number of fused-ring (bicyclic) bond motifs is 1. The van der Waals surface area contributed by atoms with Crippen LogP contribution in [0, 0.1) is 11.7 Å². The van der Waals surface area contributed by atoms with Crippen molar-refractivity contribution in [2.45, 2.75) is 31.8 Å². The molecule has 1 atom stereocenters. The Morgan fingerprint density at radius 1 is 1.12 bits per heavy atom. The summed E-state index contributed by atoms with van der Waals surface area (Å²) in [6, 6.07) is 11.1. The standard InChI is InChI=1S/C24H25FN4O3/c25-20-8-7-16(13-29-21-4-2-1-3-18(21)22(30)27-24(29)32)11-19(20)23(31)26-17-9-10-28(14-17)12-15-5-6-15/h1-4,7-8,11,15,17H,5-6,9-10,12-14H2,(H,26,31)(H,27,30,32). The SMILES string of the molecule is O=C(NC1CCN(CC2CC2)C1)c1cc(Cn2c(=O)[nH]c(=O)c3ccccc32)ccc1F. The molecule has 7 nitrogen and oxygen atoms in total. The fourth-order valence-corrected chi connectivity index (χ4v) is 4.47. The normalized spacial score (nSPS) is 18.8. The number of hydrogen-bond donors (Lipinski definition) is 2. The van der Waals surface area contributed by atoms with Crippen molar-refractivity contribution in [3.8, 4) is 0 Å². The molecule has 2 aromatic carbocycles. The molecular weight excluding hydrogens is 411 g/mol. The van der Waals surface area contributed by atoms with Gasteiger partial charge in [-0.25, -0.2) is 9.18 Å². The molecule has 8 heteroatoms. The summed E-state index contributed by atoms with van der Waals surface area (Å²) in [6.07, 6.45) is 3.44. The summed E-state index contributed by atoms with van der Waals surface area (Å²) in [5, 5.41) is 3.36. The van der Waals surface area contributed by atoms with Crippen molar-refractivity contribution in [1.29, 1.82) is 0 Å². The van der Waals surface area contributed by atoms with Gasteiger partial charge in [-0.05, 0) is 55.0 Å². The van der Waals surface area contributed by atoms with Gasteiger partial charge in [0.2, 0.25) is 0 Å². The van der Waals surface area contributed by atoms with Crippen LogP contribution in [-0.4, -0.2) is 46.0 Å². The van der Waals surface area contributed by atoms with Crippen LogP contribution in [0.3, 0.4) is 0 Å². The zero-order chi connectivity index (χ0) is 22.2. The number of carbonyl (C=O) groups excluding carboxylic acids is 1. The number of aromatic nitrogens is 2. The first-order valence-electron chi connectivity index (χ1n) is 11.0. The first-order chi connectivity index (χ1) is 15.5. The molecule has 0 bridgehead atoms. The fourth-order valence-electron chi connectivity index (χ4n) is 4.47. The highest BCUT2D eigenvalue weighted by Gasteiger charge is 2.30. The lowest BCUT2D eigenvalue weighted by atomic mass is 10.1. The Morgan fingerprint density at radius 3 is 2.75 bits per heavy atom. The van der Waals surface area contributed by atoms with Crippen LogP contribution in [0.1, 0.15) is 35.2 Å². The Labute approximate surface area is 183 Å². The van der Waals surface area contributed by atoms with Crippen molar-refractivity contribution < 1.29 is 9.18 Å². The average molecular weight is 436 g/mol. The molecule has 2 N–H and O–H groups in total. The maximum atomic E-state index is 14.5. The molecule has 1 aliphatic heterocycles. The zero-order valence-electron chi connectivity index (χ0n) is 17.6. The summed E-state index contributed by atoms with van der Waals surface area (Å²) in [5.41, 5.74) is 0.0416. The number of halogens is 1. The van der Waals surface area contributed by atoms with E-state index in [4.69, 9.17) is 0 Å². The summed E-state index contributed by atoms with van der Waals surface area (Å²) in [7, 11) is 0. The van der Waals surface area contributed by atoms with Gasteiger partial charge in [-0.1, -0.05) is 18.2 Å². The van der Waals surface area contributed by atoms with Gasteiger partial charge >= 0.3 is 5.69 Å². The van der Waals surface area contributed by atoms with E-state index in [1.807, 2.05) is 0 Å². The molecule has 166 valence electrons. The van der Waals surface area contributed by atoms with Crippen LogP contribution in [0.4, 0.5) is 4.39 Å². The monoisotopic (exact) mass is 436 g/mol. The number of likely N-dealkylation sites (tertiary alicyclic amines) is 1. The number of H-pyrrole nitrogens is 1. The third-order valence-corrected chi connectivity index (χ3v) is 6.34. The molecule has 0 spiro atoms. The second-order valence-electron chi connectivity index (χ2n) is 8.84. The smallest absolute Gasteiger partial charge is 0.329 e. The highest BCUT2D eigenvalue weighted by atomic mass is 19.1. The molecule has 1 saturated heterocycles. The van der Waals surface area contributed by atoms with Gasteiger partial charge in [0.1, 0.15) is 5.82 Å². The van der Waals surface area contributed by atoms with Crippen molar-refractivity contribution in [2.75, 3.05) is 19.6 Å². The molecule has 5 rings (SSSR count). The van der Waals surface area contributed by atoms with E-state index < -0.39 is 23.0 Å². The van der Waals surface area contributed by atoms with E-state index in [1.165, 1.54) is 29.5 Å². The van der Waals surface area contributed by atoms with Gasteiger partial charge in [-0.2, -0.15) is 0 Å². The van der Waals surface area contributed by atoms with E-state index >= 15 is 0 Å². The third kappa shape index (κ3) is 4.23. The molecule has 1 aliphatic carbocycles. The second-order valence-corrected chi connectivity index (χ2v) is 8.84. The van der Waals surface area contributed by atoms with Crippen LogP contribution < -0.4 is 16.6 Å². The highest BCUT2D eigenvalue weighted by Crippen LogP contribution is 2.30. The average Bonchev–Trinajstić information content (AvgIpc) is 3.49. The maximum absolute atomic E-state index is 14.5. The quantitative estimate of drug-likeness (QED) is 0.620. The van der Waals surface area contributed by atoms with Crippen molar-refractivity contribution in [3.05, 3.63) is 80.2 Å². The Balaban J connectivity index is 1.35. The second kappa shape index (κ2) is 8.35. The number of carbonyl (C=O) groups is 1. The number of benzene rings is 2. The lowest BCUT2D eigenvalue weighted by Gasteiger charge is -2.17. The Kier molecular flexibility index (Phi) is 5.38. The van der Waals surface area contributed by atoms with Crippen LogP contribution in [0.2, 0.25) is 0 Å². The number of nitrogens with one attached hydrogen (secondary N) is 2. The number of para-hydroxylation sites is 1. The number of nitrogens with zero attached hydrogens (tertiary/aromatic N) is 2. The van der Waals surface area contributed by atoms with Gasteiger partial charge < -0.3 is 10.2 Å². The number of amides is 1. The molecule has 2 fully saturated rings. The fraction of sp³-hybridized carbons (Fsp3) is 0.375. The molecule has 2 aliphatic rings. The minimum absolute atomic E-state index is 0.00932. The molecular formula is C24H25FN4O3. The molecule has 1 unspecified atom stereocenters. The van der Waals surface area contributed by atoms with Crippen molar-refractivity contribution in [3.63, 3.8) is 0 Å². The van der Waals surface area contributed by atoms with E-state index in [2.05, 4.69) is 15.2 Å². The van der Waals surface area contributed by atoms with Crippen LogP contribution in [0.5, 0.6) is 0 Å². The molecule has 32 heavy (non-hydrogen) atoms. The van der Waals surface area contributed by atoms with Gasteiger partial charge in [0, 0.05) is 25.7 Å². The third-order valence-electron chi connectivity index (χ3n) is 6.34. The van der Waals surface area contributed by atoms with Gasteiger partial charge in [0.15, 0.2) is 0 Å². The lowest BCUT2D eigenvalue weighted by Crippen LogP contribution is -2.37. The van der Waals surface area contributed by atoms with E-state index in [-0.39, 0.29) is 18.2 Å². The molecule has 0 radical (unpaired) electrons. The van der Waals surface area contributed by atoms with Crippen LogP contribution >= 0.6 is 0 Å². The largest absolute Gasteiger partial charge is 0.348 e. The van der Waals surface area contributed by atoms with E-state index in [0.717, 1.165) is 32.0 Å².